The zero-order chi connectivity index (χ0) is 11.9. The van der Waals surface area contributed by atoms with Crippen LogP contribution in [0.25, 0.3) is 0 Å². The number of rotatable bonds is 2. The molecule has 90 valence electrons. The highest BCUT2D eigenvalue weighted by Crippen LogP contribution is 2.64. The Bertz CT molecular complexity index is 452. The fourth-order valence-electron chi connectivity index (χ4n) is 3.15. The largest absolute Gasteiger partial charge is 0.317 e. The Morgan fingerprint density at radius 2 is 2.12 bits per heavy atom. The summed E-state index contributed by atoms with van der Waals surface area (Å²) in [5, 5.41) is 14.1. The molecule has 4 heteroatoms. The minimum atomic E-state index is -0.305. The number of hydrogen-bond acceptors (Lipinski definition) is 3. The van der Waals surface area contributed by atoms with Crippen molar-refractivity contribution in [1.29, 1.82) is 0 Å². The van der Waals surface area contributed by atoms with E-state index in [1.54, 1.807) is 18.2 Å². The average molecular weight is 232 g/mol. The predicted octanol–water partition coefficient (Wildman–Crippen LogP) is 2.45. The van der Waals surface area contributed by atoms with Gasteiger partial charge in [-0.2, -0.15) is 0 Å². The Morgan fingerprint density at radius 1 is 1.35 bits per heavy atom. The van der Waals surface area contributed by atoms with Gasteiger partial charge in [-0.3, -0.25) is 10.1 Å². The van der Waals surface area contributed by atoms with Gasteiger partial charge in [-0.15, -0.1) is 0 Å². The van der Waals surface area contributed by atoms with Crippen LogP contribution in [0.4, 0.5) is 5.69 Å². The van der Waals surface area contributed by atoms with Crippen LogP contribution in [0, 0.1) is 15.5 Å². The van der Waals surface area contributed by atoms with Crippen molar-refractivity contribution in [3.63, 3.8) is 0 Å². The standard InChI is InChI=1S/C13H16N2O2/c16-15(17)11-3-1-2-10(8-11)12-9-13(12)4-6-14-7-5-13/h1-3,8,12,14H,4-7,9H2. The van der Waals surface area contributed by atoms with Crippen molar-refractivity contribution in [3.05, 3.63) is 39.9 Å². The summed E-state index contributed by atoms with van der Waals surface area (Å²) < 4.78 is 0. The van der Waals surface area contributed by atoms with Crippen molar-refractivity contribution < 1.29 is 4.92 Å². The molecule has 1 saturated carbocycles. The smallest absolute Gasteiger partial charge is 0.269 e. The number of nitro groups is 1. The van der Waals surface area contributed by atoms with Crippen LogP contribution >= 0.6 is 0 Å². The van der Waals surface area contributed by atoms with E-state index in [0.717, 1.165) is 18.7 Å². The number of nitrogens with zero attached hydrogens (tertiary/aromatic N) is 1. The zero-order valence-corrected chi connectivity index (χ0v) is 9.69. The molecule has 1 unspecified atom stereocenters. The molecular formula is C13H16N2O2. The first-order chi connectivity index (χ1) is 8.21. The van der Waals surface area contributed by atoms with Crippen molar-refractivity contribution in [2.75, 3.05) is 13.1 Å². The monoisotopic (exact) mass is 232 g/mol. The molecule has 2 fully saturated rings. The normalized spacial score (nSPS) is 25.8. The van der Waals surface area contributed by atoms with Gasteiger partial charge >= 0.3 is 0 Å². The van der Waals surface area contributed by atoms with Gasteiger partial charge in [-0.25, -0.2) is 0 Å². The van der Waals surface area contributed by atoms with Crippen LogP contribution in [0.5, 0.6) is 0 Å². The fourth-order valence-corrected chi connectivity index (χ4v) is 3.15. The Labute approximate surface area is 100 Å². The molecule has 1 aliphatic heterocycles. The van der Waals surface area contributed by atoms with Gasteiger partial charge in [-0.05, 0) is 49.2 Å². The summed E-state index contributed by atoms with van der Waals surface area (Å²) >= 11 is 0. The van der Waals surface area contributed by atoms with Crippen LogP contribution in [0.15, 0.2) is 24.3 Å². The maximum Gasteiger partial charge on any atom is 0.269 e. The maximum atomic E-state index is 10.8. The topological polar surface area (TPSA) is 55.2 Å². The molecule has 1 aromatic carbocycles. The van der Waals surface area contributed by atoms with E-state index < -0.39 is 0 Å². The Hall–Kier alpha value is -1.42. The lowest BCUT2D eigenvalue weighted by molar-refractivity contribution is -0.384. The van der Waals surface area contributed by atoms with Gasteiger partial charge in [0.05, 0.1) is 4.92 Å². The summed E-state index contributed by atoms with van der Waals surface area (Å²) in [7, 11) is 0. The second-order valence-corrected chi connectivity index (χ2v) is 5.22. The van der Waals surface area contributed by atoms with Gasteiger partial charge in [-0.1, -0.05) is 12.1 Å². The van der Waals surface area contributed by atoms with Crippen molar-refractivity contribution in [2.24, 2.45) is 5.41 Å². The van der Waals surface area contributed by atoms with E-state index in [0.29, 0.717) is 11.3 Å². The Kier molecular flexibility index (Phi) is 2.40. The molecule has 0 aromatic heterocycles. The molecule has 1 atom stereocenters. The SMILES string of the molecule is O=[N+]([O-])c1cccc(C2CC23CCNCC3)c1. The molecule has 1 saturated heterocycles. The van der Waals surface area contributed by atoms with E-state index in [1.165, 1.54) is 19.3 Å². The van der Waals surface area contributed by atoms with Crippen molar-refractivity contribution >= 4 is 5.69 Å². The quantitative estimate of drug-likeness (QED) is 0.629. The molecule has 17 heavy (non-hydrogen) atoms. The number of nitrogens with one attached hydrogen (secondary N) is 1. The van der Waals surface area contributed by atoms with E-state index in [1.807, 2.05) is 6.07 Å². The summed E-state index contributed by atoms with van der Waals surface area (Å²) in [6, 6.07) is 7.16. The molecular weight excluding hydrogens is 216 g/mol. The second-order valence-electron chi connectivity index (χ2n) is 5.22. The number of non-ortho nitro benzene ring substituents is 1. The number of benzene rings is 1. The maximum absolute atomic E-state index is 10.8. The van der Waals surface area contributed by atoms with Gasteiger partial charge in [0.25, 0.3) is 5.69 Å². The summed E-state index contributed by atoms with van der Waals surface area (Å²) in [6.45, 7) is 2.18. The van der Waals surface area contributed by atoms with Crippen molar-refractivity contribution in [2.45, 2.75) is 25.2 Å². The molecule has 4 nitrogen and oxygen atoms in total. The third kappa shape index (κ3) is 1.82. The molecule has 0 bridgehead atoms. The molecule has 1 spiro atoms. The molecule has 2 aliphatic rings. The van der Waals surface area contributed by atoms with Gasteiger partial charge in [0.2, 0.25) is 0 Å². The number of hydrogen-bond donors (Lipinski definition) is 1. The van der Waals surface area contributed by atoms with Crippen LogP contribution in [0.1, 0.15) is 30.7 Å². The zero-order valence-electron chi connectivity index (χ0n) is 9.69. The van der Waals surface area contributed by atoms with Gasteiger partial charge in [0, 0.05) is 12.1 Å². The van der Waals surface area contributed by atoms with E-state index in [9.17, 15) is 10.1 Å². The minimum Gasteiger partial charge on any atom is -0.317 e. The Morgan fingerprint density at radius 3 is 2.82 bits per heavy atom. The van der Waals surface area contributed by atoms with Crippen LogP contribution in [0.3, 0.4) is 0 Å². The van der Waals surface area contributed by atoms with E-state index in [-0.39, 0.29) is 10.6 Å². The van der Waals surface area contributed by atoms with Gasteiger partial charge in [0.15, 0.2) is 0 Å². The van der Waals surface area contributed by atoms with E-state index in [4.69, 9.17) is 0 Å². The second kappa shape index (κ2) is 3.81. The van der Waals surface area contributed by atoms with Crippen molar-refractivity contribution in [1.82, 2.24) is 5.32 Å². The lowest BCUT2D eigenvalue weighted by atomic mass is 9.89. The average Bonchev–Trinajstić information content (AvgIpc) is 3.04. The summed E-state index contributed by atoms with van der Waals surface area (Å²) in [5.41, 5.74) is 1.82. The minimum absolute atomic E-state index is 0.221. The number of piperidine rings is 1. The first kappa shape index (κ1) is 10.7. The van der Waals surface area contributed by atoms with Gasteiger partial charge < -0.3 is 5.32 Å². The van der Waals surface area contributed by atoms with Crippen LogP contribution in [-0.4, -0.2) is 18.0 Å². The lowest BCUT2D eigenvalue weighted by Crippen LogP contribution is -2.29. The molecule has 1 aromatic rings. The van der Waals surface area contributed by atoms with E-state index >= 15 is 0 Å². The van der Waals surface area contributed by atoms with Gasteiger partial charge in [0.1, 0.15) is 0 Å². The fraction of sp³-hybridized carbons (Fsp3) is 0.538. The van der Waals surface area contributed by atoms with Crippen LogP contribution in [-0.2, 0) is 0 Å². The summed E-state index contributed by atoms with van der Waals surface area (Å²) in [5.74, 6) is 0.546. The first-order valence-corrected chi connectivity index (χ1v) is 6.16. The molecule has 0 amide bonds. The van der Waals surface area contributed by atoms with Crippen LogP contribution in [0.2, 0.25) is 0 Å². The predicted molar refractivity (Wildman–Crippen MR) is 65.0 cm³/mol. The van der Waals surface area contributed by atoms with E-state index in [2.05, 4.69) is 5.32 Å². The lowest BCUT2D eigenvalue weighted by Gasteiger charge is -2.23. The third-order valence-electron chi connectivity index (χ3n) is 4.27. The number of nitro benzene ring substituents is 1. The highest BCUT2D eigenvalue weighted by atomic mass is 16.6. The van der Waals surface area contributed by atoms with Crippen molar-refractivity contribution in [3.8, 4) is 0 Å². The molecule has 0 radical (unpaired) electrons. The highest BCUT2D eigenvalue weighted by Gasteiger charge is 2.54. The summed E-state index contributed by atoms with van der Waals surface area (Å²) in [4.78, 5) is 10.5. The third-order valence-corrected chi connectivity index (χ3v) is 4.27. The summed E-state index contributed by atoms with van der Waals surface area (Å²) in [6.07, 6.45) is 3.62. The van der Waals surface area contributed by atoms with Crippen LogP contribution < -0.4 is 5.32 Å². The molecule has 3 rings (SSSR count). The highest BCUT2D eigenvalue weighted by molar-refractivity contribution is 5.40. The Balaban J connectivity index is 1.82. The molecule has 1 heterocycles. The molecule has 1 N–H and O–H groups in total. The molecule has 1 aliphatic carbocycles. The first-order valence-electron chi connectivity index (χ1n) is 6.16.